The standard InChI is InChI=1S/C22H25N3O/c1-17-13-21(11-12-25(17)16-18-7-4-3-5-8-18)24(2)22(26)20-10-6-9-19(14-20)15-23/h3-10,14,17,21H,11-13,16H2,1-2H3. The van der Waals surface area contributed by atoms with Crippen molar-refractivity contribution in [2.24, 2.45) is 0 Å². The van der Waals surface area contributed by atoms with E-state index in [9.17, 15) is 4.79 Å². The molecule has 1 amide bonds. The predicted molar refractivity (Wildman–Crippen MR) is 103 cm³/mol. The maximum atomic E-state index is 12.8. The van der Waals surface area contributed by atoms with Gasteiger partial charge in [-0.1, -0.05) is 36.4 Å². The Kier molecular flexibility index (Phi) is 5.70. The van der Waals surface area contributed by atoms with Crippen molar-refractivity contribution >= 4 is 5.91 Å². The van der Waals surface area contributed by atoms with Gasteiger partial charge in [0.1, 0.15) is 0 Å². The molecular weight excluding hydrogens is 322 g/mol. The molecule has 2 aromatic rings. The first kappa shape index (κ1) is 18.2. The highest BCUT2D eigenvalue weighted by Crippen LogP contribution is 2.24. The van der Waals surface area contributed by atoms with Gasteiger partial charge in [0.25, 0.3) is 5.91 Å². The number of nitriles is 1. The summed E-state index contributed by atoms with van der Waals surface area (Å²) in [6.45, 7) is 4.18. The lowest BCUT2D eigenvalue weighted by Crippen LogP contribution is -2.49. The number of benzene rings is 2. The molecule has 0 aliphatic carbocycles. The van der Waals surface area contributed by atoms with Gasteiger partial charge in [0, 0.05) is 37.8 Å². The smallest absolute Gasteiger partial charge is 0.253 e. The first-order valence-corrected chi connectivity index (χ1v) is 9.14. The van der Waals surface area contributed by atoms with E-state index in [1.54, 1.807) is 24.3 Å². The molecule has 2 aromatic carbocycles. The van der Waals surface area contributed by atoms with Crippen molar-refractivity contribution in [2.45, 2.75) is 38.4 Å². The van der Waals surface area contributed by atoms with Crippen LogP contribution in [-0.2, 0) is 6.54 Å². The zero-order valence-corrected chi connectivity index (χ0v) is 15.4. The van der Waals surface area contributed by atoms with Crippen LogP contribution in [-0.4, -0.2) is 41.4 Å². The summed E-state index contributed by atoms with van der Waals surface area (Å²) >= 11 is 0. The van der Waals surface area contributed by atoms with Crippen LogP contribution < -0.4 is 0 Å². The molecule has 4 nitrogen and oxygen atoms in total. The van der Waals surface area contributed by atoms with Crippen LogP contribution in [0.2, 0.25) is 0 Å². The van der Waals surface area contributed by atoms with Crippen LogP contribution in [0.4, 0.5) is 0 Å². The third-order valence-electron chi connectivity index (χ3n) is 5.32. The average molecular weight is 347 g/mol. The van der Waals surface area contributed by atoms with E-state index < -0.39 is 0 Å². The van der Waals surface area contributed by atoms with E-state index in [4.69, 9.17) is 5.26 Å². The minimum atomic E-state index is -0.00388. The Bertz CT molecular complexity index is 797. The fourth-order valence-electron chi connectivity index (χ4n) is 3.69. The second-order valence-electron chi connectivity index (χ2n) is 7.09. The molecule has 1 aliphatic rings. The molecule has 4 heteroatoms. The summed E-state index contributed by atoms with van der Waals surface area (Å²) in [5.74, 6) is -0.00388. The highest BCUT2D eigenvalue weighted by molar-refractivity contribution is 5.94. The Hall–Kier alpha value is -2.64. The normalized spacial score (nSPS) is 20.3. The Labute approximate surface area is 155 Å². The van der Waals surface area contributed by atoms with Crippen LogP contribution in [0.5, 0.6) is 0 Å². The van der Waals surface area contributed by atoms with Gasteiger partial charge in [0.2, 0.25) is 0 Å². The molecular formula is C22H25N3O. The Morgan fingerprint density at radius 1 is 1.23 bits per heavy atom. The van der Waals surface area contributed by atoms with Crippen molar-refractivity contribution in [1.29, 1.82) is 5.26 Å². The summed E-state index contributed by atoms with van der Waals surface area (Å²) in [7, 11) is 1.88. The van der Waals surface area contributed by atoms with E-state index in [1.807, 2.05) is 18.0 Å². The summed E-state index contributed by atoms with van der Waals surface area (Å²) in [5, 5.41) is 9.04. The van der Waals surface area contributed by atoms with E-state index >= 15 is 0 Å². The van der Waals surface area contributed by atoms with E-state index in [2.05, 4.69) is 42.2 Å². The van der Waals surface area contributed by atoms with Crippen LogP contribution in [0.1, 0.15) is 41.3 Å². The zero-order valence-electron chi connectivity index (χ0n) is 15.4. The lowest BCUT2D eigenvalue weighted by atomic mass is 9.96. The minimum absolute atomic E-state index is 0.00388. The van der Waals surface area contributed by atoms with Crippen LogP contribution in [0, 0.1) is 11.3 Å². The molecule has 26 heavy (non-hydrogen) atoms. The number of hydrogen-bond acceptors (Lipinski definition) is 3. The number of nitrogens with zero attached hydrogens (tertiary/aromatic N) is 3. The van der Waals surface area contributed by atoms with Gasteiger partial charge in [-0.15, -0.1) is 0 Å². The second-order valence-corrected chi connectivity index (χ2v) is 7.09. The average Bonchev–Trinajstić information content (AvgIpc) is 2.69. The Morgan fingerprint density at radius 2 is 2.00 bits per heavy atom. The maximum absolute atomic E-state index is 12.8. The molecule has 0 saturated carbocycles. The first-order chi connectivity index (χ1) is 12.6. The molecule has 2 atom stereocenters. The van der Waals surface area contributed by atoms with Crippen LogP contribution in [0.25, 0.3) is 0 Å². The van der Waals surface area contributed by atoms with Gasteiger partial charge < -0.3 is 4.90 Å². The van der Waals surface area contributed by atoms with E-state index in [0.29, 0.717) is 17.2 Å². The van der Waals surface area contributed by atoms with Crippen LogP contribution >= 0.6 is 0 Å². The number of piperidine rings is 1. The molecule has 0 N–H and O–H groups in total. The van der Waals surface area contributed by atoms with Crippen molar-refractivity contribution in [1.82, 2.24) is 9.80 Å². The van der Waals surface area contributed by atoms with Gasteiger partial charge in [0.15, 0.2) is 0 Å². The lowest BCUT2D eigenvalue weighted by Gasteiger charge is -2.41. The number of carbonyl (C=O) groups is 1. The largest absolute Gasteiger partial charge is 0.339 e. The van der Waals surface area contributed by atoms with Crippen molar-refractivity contribution in [3.05, 3.63) is 71.3 Å². The predicted octanol–water partition coefficient (Wildman–Crippen LogP) is 3.68. The van der Waals surface area contributed by atoms with E-state index in [0.717, 1.165) is 25.9 Å². The molecule has 3 rings (SSSR count). The molecule has 1 heterocycles. The number of amides is 1. The van der Waals surface area contributed by atoms with Crippen molar-refractivity contribution in [3.8, 4) is 6.07 Å². The van der Waals surface area contributed by atoms with Crippen molar-refractivity contribution < 1.29 is 4.79 Å². The van der Waals surface area contributed by atoms with Gasteiger partial charge in [-0.05, 0) is 43.5 Å². The highest BCUT2D eigenvalue weighted by Gasteiger charge is 2.30. The number of likely N-dealkylation sites (tertiary alicyclic amines) is 1. The lowest BCUT2D eigenvalue weighted by molar-refractivity contribution is 0.0538. The Balaban J connectivity index is 1.62. The van der Waals surface area contributed by atoms with Crippen molar-refractivity contribution in [2.75, 3.05) is 13.6 Å². The van der Waals surface area contributed by atoms with Crippen molar-refractivity contribution in [3.63, 3.8) is 0 Å². The summed E-state index contributed by atoms with van der Waals surface area (Å²) in [6.07, 6.45) is 1.93. The number of rotatable bonds is 4. The monoisotopic (exact) mass is 347 g/mol. The first-order valence-electron chi connectivity index (χ1n) is 9.14. The maximum Gasteiger partial charge on any atom is 0.253 e. The summed E-state index contributed by atoms with van der Waals surface area (Å²) in [5.41, 5.74) is 2.44. The molecule has 0 aromatic heterocycles. The van der Waals surface area contributed by atoms with Crippen LogP contribution in [0.3, 0.4) is 0 Å². The van der Waals surface area contributed by atoms with Gasteiger partial charge in [-0.3, -0.25) is 9.69 Å². The fourth-order valence-corrected chi connectivity index (χ4v) is 3.69. The molecule has 2 unspecified atom stereocenters. The summed E-state index contributed by atoms with van der Waals surface area (Å²) in [6, 6.07) is 20.2. The van der Waals surface area contributed by atoms with E-state index in [-0.39, 0.29) is 11.9 Å². The van der Waals surface area contributed by atoms with Gasteiger partial charge in [0.05, 0.1) is 11.6 Å². The molecule has 1 aliphatic heterocycles. The summed E-state index contributed by atoms with van der Waals surface area (Å²) < 4.78 is 0. The fraction of sp³-hybridized carbons (Fsp3) is 0.364. The number of hydrogen-bond donors (Lipinski definition) is 0. The third-order valence-corrected chi connectivity index (χ3v) is 5.32. The van der Waals surface area contributed by atoms with Crippen LogP contribution in [0.15, 0.2) is 54.6 Å². The van der Waals surface area contributed by atoms with Gasteiger partial charge in [-0.25, -0.2) is 0 Å². The molecule has 0 spiro atoms. The van der Waals surface area contributed by atoms with E-state index in [1.165, 1.54) is 5.56 Å². The molecule has 1 fully saturated rings. The Morgan fingerprint density at radius 3 is 2.69 bits per heavy atom. The molecule has 1 saturated heterocycles. The third kappa shape index (κ3) is 4.12. The summed E-state index contributed by atoms with van der Waals surface area (Å²) in [4.78, 5) is 17.1. The highest BCUT2D eigenvalue weighted by atomic mass is 16.2. The topological polar surface area (TPSA) is 47.3 Å². The molecule has 0 radical (unpaired) electrons. The molecule has 0 bridgehead atoms. The molecule has 134 valence electrons. The zero-order chi connectivity index (χ0) is 18.5. The SMILES string of the molecule is CC1CC(N(C)C(=O)c2cccc(C#N)c2)CCN1Cc1ccccc1. The second kappa shape index (κ2) is 8.16. The quantitative estimate of drug-likeness (QED) is 0.847. The van der Waals surface area contributed by atoms with Gasteiger partial charge in [-0.2, -0.15) is 5.26 Å². The minimum Gasteiger partial charge on any atom is -0.339 e. The number of carbonyl (C=O) groups excluding carboxylic acids is 1. The van der Waals surface area contributed by atoms with Gasteiger partial charge >= 0.3 is 0 Å².